The Morgan fingerprint density at radius 3 is 1.99 bits per heavy atom. The van der Waals surface area contributed by atoms with Gasteiger partial charge < -0.3 is 35.2 Å². The van der Waals surface area contributed by atoms with E-state index >= 15 is 0 Å². The van der Waals surface area contributed by atoms with E-state index < -0.39 is 66.9 Å². The van der Waals surface area contributed by atoms with Gasteiger partial charge >= 0.3 is 12.1 Å². The molecule has 5 amide bonds. The van der Waals surface area contributed by atoms with Gasteiger partial charge in [0.2, 0.25) is 23.6 Å². The van der Waals surface area contributed by atoms with Gasteiger partial charge in [-0.3, -0.25) is 33.6 Å². The Morgan fingerprint density at radius 1 is 0.721 bits per heavy atom. The molecule has 0 unspecified atom stereocenters. The van der Waals surface area contributed by atoms with Crippen LogP contribution in [-0.2, 0) is 51.3 Å². The van der Waals surface area contributed by atoms with Crippen molar-refractivity contribution in [3.05, 3.63) is 83.9 Å². The number of hydrogen-bond acceptors (Lipinski definition) is 11. The van der Waals surface area contributed by atoms with E-state index in [2.05, 4.69) is 29.5 Å². The Balaban J connectivity index is 1.22. The van der Waals surface area contributed by atoms with Crippen molar-refractivity contribution in [1.29, 1.82) is 0 Å². The van der Waals surface area contributed by atoms with Crippen LogP contribution in [-0.4, -0.2) is 113 Å². The smallest absolute Gasteiger partial charge is 0.407 e. The number of esters is 1. The molecule has 0 spiro atoms. The molecule has 2 aliphatic rings. The minimum absolute atomic E-state index is 0.0331. The molecule has 3 atom stereocenters. The summed E-state index contributed by atoms with van der Waals surface area (Å²) in [5.41, 5.74) is 2.10. The number of nitrogens with zero attached hydrogens (tertiary/aromatic N) is 2. The maximum absolute atomic E-state index is 14.0. The lowest BCUT2D eigenvalue weighted by atomic mass is 10.0. The van der Waals surface area contributed by atoms with Crippen molar-refractivity contribution >= 4 is 58.4 Å². The number of carbonyl (C=O) groups is 8. The van der Waals surface area contributed by atoms with Crippen molar-refractivity contribution in [2.24, 2.45) is 0 Å². The van der Waals surface area contributed by atoms with Crippen LogP contribution in [0.2, 0.25) is 0 Å². The van der Waals surface area contributed by atoms with Gasteiger partial charge in [0.25, 0.3) is 0 Å². The Bertz CT molecular complexity index is 1950. The second-order valence-electron chi connectivity index (χ2n) is 17.6. The van der Waals surface area contributed by atoms with Crippen LogP contribution >= 0.6 is 11.8 Å². The van der Waals surface area contributed by atoms with Gasteiger partial charge in [-0.1, -0.05) is 163 Å². The number of amides is 5. The number of unbranched alkanes of at least 4 members (excludes halogenated alkanes) is 12. The molecule has 2 aliphatic heterocycles. The molecule has 2 fully saturated rings. The number of hydrogen-bond donors (Lipinski definition) is 3. The third-order valence-electron chi connectivity index (χ3n) is 12.2. The van der Waals surface area contributed by atoms with Gasteiger partial charge in [0.15, 0.2) is 10.9 Å². The zero-order chi connectivity index (χ0) is 48.9. The van der Waals surface area contributed by atoms with Crippen molar-refractivity contribution in [1.82, 2.24) is 25.8 Å². The normalized spacial score (nSPS) is 15.8. The first-order valence-electron chi connectivity index (χ1n) is 24.7. The number of thioether (sulfide) groups is 1. The molecular weight excluding hydrogens is 887 g/mol. The average Bonchev–Trinajstić information content (AvgIpc) is 4.06. The molecule has 372 valence electrons. The summed E-state index contributed by atoms with van der Waals surface area (Å²) < 4.78 is 10.3. The molecule has 0 aliphatic carbocycles. The fourth-order valence-corrected chi connectivity index (χ4v) is 9.28. The standard InChI is InChI=1S/C52H73N5O10S/c1-3-5-6-7-8-9-10-11-12-13-14-15-19-26-48(61)68-38-42(49(62)53-36-47(60)66-33-4-2)55-50(63)43-24-20-32-57(43)51(64)44-25-21-31-56(44)46(59)35-54-52(65)67-37-40-27-29-41(30-28-40)45(58)34-39-22-17-16-18-23-39/h4,16-18,22-23,27-30,42-44H,2-3,5-15,19-21,24-26,31-38H2,1H3,(H,53,62)(H,54,65)(H,55,63)/t42-,43-,44-/m0/s1. The van der Waals surface area contributed by atoms with Gasteiger partial charge in [-0.15, -0.1) is 0 Å². The molecule has 0 saturated carbocycles. The summed E-state index contributed by atoms with van der Waals surface area (Å²) in [6.07, 6.45) is 18.4. The van der Waals surface area contributed by atoms with Gasteiger partial charge in [-0.25, -0.2) is 4.79 Å². The predicted molar refractivity (Wildman–Crippen MR) is 262 cm³/mol. The fraction of sp³-hybridized carbons (Fsp3) is 0.577. The van der Waals surface area contributed by atoms with Crippen molar-refractivity contribution in [2.45, 2.75) is 154 Å². The van der Waals surface area contributed by atoms with E-state index in [1.165, 1.54) is 73.7 Å². The van der Waals surface area contributed by atoms with Crippen molar-refractivity contribution in [3.63, 3.8) is 0 Å². The molecule has 2 saturated heterocycles. The Hall–Kier alpha value is -5.51. The van der Waals surface area contributed by atoms with Crippen LogP contribution in [0.1, 0.15) is 144 Å². The van der Waals surface area contributed by atoms with E-state index in [1.54, 1.807) is 24.3 Å². The highest BCUT2D eigenvalue weighted by atomic mass is 32.2. The van der Waals surface area contributed by atoms with E-state index in [1.807, 2.05) is 30.3 Å². The van der Waals surface area contributed by atoms with Crippen LogP contribution in [0.15, 0.2) is 67.3 Å². The summed E-state index contributed by atoms with van der Waals surface area (Å²) in [6, 6.07) is 13.2. The Morgan fingerprint density at radius 2 is 1.34 bits per heavy atom. The van der Waals surface area contributed by atoms with E-state index in [-0.39, 0.29) is 49.4 Å². The van der Waals surface area contributed by atoms with E-state index in [4.69, 9.17) is 9.47 Å². The molecular formula is C52H73N5O10S. The van der Waals surface area contributed by atoms with Crippen molar-refractivity contribution in [3.8, 4) is 0 Å². The van der Waals surface area contributed by atoms with Gasteiger partial charge in [-0.05, 0) is 43.2 Å². The zero-order valence-electron chi connectivity index (χ0n) is 40.0. The van der Waals surface area contributed by atoms with E-state index in [9.17, 15) is 38.4 Å². The summed E-state index contributed by atoms with van der Waals surface area (Å²) >= 11 is 0.952. The van der Waals surface area contributed by atoms with Gasteiger partial charge in [0.1, 0.15) is 44.4 Å². The van der Waals surface area contributed by atoms with Crippen LogP contribution < -0.4 is 16.0 Å². The summed E-state index contributed by atoms with van der Waals surface area (Å²) in [5.74, 6) is -2.94. The molecule has 2 heterocycles. The second-order valence-corrected chi connectivity index (χ2v) is 18.7. The summed E-state index contributed by atoms with van der Waals surface area (Å²) in [5, 5.41) is 7.59. The van der Waals surface area contributed by atoms with Crippen LogP contribution in [0.3, 0.4) is 0 Å². The molecule has 3 N–H and O–H groups in total. The minimum Gasteiger partial charge on any atom is -0.460 e. The maximum Gasteiger partial charge on any atom is 0.407 e. The molecule has 2 aromatic rings. The number of nitrogens with one attached hydrogen (secondary N) is 3. The summed E-state index contributed by atoms with van der Waals surface area (Å²) in [6.45, 7) is 5.31. The molecule has 15 nitrogen and oxygen atoms in total. The molecule has 68 heavy (non-hydrogen) atoms. The maximum atomic E-state index is 14.0. The van der Waals surface area contributed by atoms with Crippen LogP contribution in [0, 0.1) is 0 Å². The zero-order valence-corrected chi connectivity index (χ0v) is 40.8. The van der Waals surface area contributed by atoms with Crippen LogP contribution in [0.4, 0.5) is 4.79 Å². The first-order chi connectivity index (χ1) is 33.0. The molecule has 0 radical (unpaired) electrons. The largest absolute Gasteiger partial charge is 0.460 e. The Labute approximate surface area is 406 Å². The van der Waals surface area contributed by atoms with Gasteiger partial charge in [-0.2, -0.15) is 0 Å². The highest BCUT2D eigenvalue weighted by Crippen LogP contribution is 2.26. The number of carbonyl (C=O) groups excluding carboxylic acids is 8. The first-order valence-corrected chi connectivity index (χ1v) is 25.7. The number of alkyl carbamates (subject to hydrolysis) is 1. The first kappa shape index (κ1) is 55.1. The monoisotopic (exact) mass is 960 g/mol. The van der Waals surface area contributed by atoms with Crippen LogP contribution in [0.5, 0.6) is 0 Å². The number of Topliss-reactive ketones (excluding diaryl/α,β-unsaturated/α-hetero) is 1. The number of likely N-dealkylation sites (tertiary alicyclic amines) is 2. The minimum atomic E-state index is -1.18. The van der Waals surface area contributed by atoms with Gasteiger partial charge in [0, 0.05) is 37.2 Å². The molecule has 0 bridgehead atoms. The average molecular weight is 960 g/mol. The summed E-state index contributed by atoms with van der Waals surface area (Å²) in [4.78, 5) is 108. The topological polar surface area (TPSA) is 198 Å². The summed E-state index contributed by atoms with van der Waals surface area (Å²) in [7, 11) is 0. The van der Waals surface area contributed by atoms with E-state index in [0.29, 0.717) is 43.2 Å². The highest BCUT2D eigenvalue weighted by Gasteiger charge is 2.42. The number of benzene rings is 2. The lowest BCUT2D eigenvalue weighted by molar-refractivity contribution is -0.146. The second kappa shape index (κ2) is 31.5. The van der Waals surface area contributed by atoms with E-state index in [0.717, 1.165) is 43.0 Å². The SMILES string of the molecule is C=CCOC(=O)CNC(=O)[C@H](CSC(=O)CCCCCCCCCCCCCCC)NC(=O)[C@@H]1CCCN1C(=O)[C@@H]1CCCN1C(=O)CNC(=O)OCc1ccc(C(=O)Cc2ccccc2)cc1. The Kier molecular flexibility index (Phi) is 25.5. The molecule has 4 rings (SSSR count). The van der Waals surface area contributed by atoms with Gasteiger partial charge in [0.05, 0.1) is 0 Å². The lowest BCUT2D eigenvalue weighted by Crippen LogP contribution is -2.57. The highest BCUT2D eigenvalue weighted by molar-refractivity contribution is 8.13. The third kappa shape index (κ3) is 20.0. The van der Waals surface area contributed by atoms with Crippen LogP contribution in [0.25, 0.3) is 0 Å². The van der Waals surface area contributed by atoms with Crippen molar-refractivity contribution < 1.29 is 47.8 Å². The lowest BCUT2D eigenvalue weighted by Gasteiger charge is -2.31. The quantitative estimate of drug-likeness (QED) is 0.0295. The predicted octanol–water partition coefficient (Wildman–Crippen LogP) is 7.39. The fourth-order valence-electron chi connectivity index (χ4n) is 8.41. The van der Waals surface area contributed by atoms with Crippen molar-refractivity contribution in [2.75, 3.05) is 38.5 Å². The number of ether oxygens (including phenoxy) is 2. The molecule has 16 heteroatoms. The number of ketones is 1. The molecule has 2 aromatic carbocycles. The number of rotatable bonds is 31. The third-order valence-corrected chi connectivity index (χ3v) is 13.3. The molecule has 0 aromatic heterocycles.